The number of anilines is 1. The Morgan fingerprint density at radius 1 is 1.48 bits per heavy atom. The zero-order chi connectivity index (χ0) is 15.6. The van der Waals surface area contributed by atoms with Crippen LogP contribution in [0.1, 0.15) is 49.2 Å². The Bertz CT molecular complexity index is 516. The van der Waals surface area contributed by atoms with Crippen molar-refractivity contribution in [3.63, 3.8) is 0 Å². The van der Waals surface area contributed by atoms with E-state index in [2.05, 4.69) is 16.8 Å². The van der Waals surface area contributed by atoms with Gasteiger partial charge in [-0.25, -0.2) is 9.78 Å². The van der Waals surface area contributed by atoms with Crippen LogP contribution in [-0.2, 0) is 4.74 Å². The number of aromatic nitrogens is 1. The summed E-state index contributed by atoms with van der Waals surface area (Å²) in [7, 11) is 1.73. The number of rotatable bonds is 4. The molecule has 0 saturated carbocycles. The highest BCUT2D eigenvalue weighted by Gasteiger charge is 2.27. The van der Waals surface area contributed by atoms with Crippen molar-refractivity contribution in [1.29, 1.82) is 0 Å². The lowest BCUT2D eigenvalue weighted by Gasteiger charge is -2.37. The van der Waals surface area contributed by atoms with Crippen molar-refractivity contribution in [1.82, 2.24) is 4.98 Å². The summed E-state index contributed by atoms with van der Waals surface area (Å²) in [6.45, 7) is 7.87. The van der Waals surface area contributed by atoms with E-state index < -0.39 is 5.97 Å². The highest BCUT2D eigenvalue weighted by Crippen LogP contribution is 2.26. The zero-order valence-corrected chi connectivity index (χ0v) is 13.2. The molecule has 0 amide bonds. The molecule has 21 heavy (non-hydrogen) atoms. The molecule has 2 unspecified atom stereocenters. The van der Waals surface area contributed by atoms with E-state index in [0.29, 0.717) is 11.5 Å². The molecule has 5 nitrogen and oxygen atoms in total. The lowest BCUT2D eigenvalue weighted by Crippen LogP contribution is -2.44. The first-order valence-corrected chi connectivity index (χ1v) is 7.45. The molecule has 2 heterocycles. The molecule has 2 rings (SSSR count). The van der Waals surface area contributed by atoms with E-state index in [0.717, 1.165) is 31.0 Å². The second-order valence-electron chi connectivity index (χ2n) is 6.08. The van der Waals surface area contributed by atoms with Crippen LogP contribution in [0, 0.1) is 5.92 Å². The van der Waals surface area contributed by atoms with Gasteiger partial charge in [-0.05, 0) is 30.4 Å². The topological polar surface area (TPSA) is 62.7 Å². The van der Waals surface area contributed by atoms with E-state index in [4.69, 9.17) is 4.74 Å². The molecular formula is C16H24N2O3. The summed E-state index contributed by atoms with van der Waals surface area (Å²) in [6.07, 6.45) is 1.19. The van der Waals surface area contributed by atoms with Crippen molar-refractivity contribution in [2.45, 2.75) is 39.2 Å². The minimum absolute atomic E-state index is 0.163. The molecule has 0 aromatic carbocycles. The molecule has 1 fully saturated rings. The Kier molecular flexibility index (Phi) is 4.83. The standard InChI is InChI=1S/C16H24N2O3/c1-10(2)13-7-12(16(19)20)8-15(17-13)18-6-5-11(3)14(9-18)21-4/h7-8,10-11,14H,5-6,9H2,1-4H3,(H,19,20). The van der Waals surface area contributed by atoms with Crippen LogP contribution in [0.4, 0.5) is 5.82 Å². The van der Waals surface area contributed by atoms with Crippen molar-refractivity contribution >= 4 is 11.8 Å². The number of pyridine rings is 1. The average Bonchev–Trinajstić information content (AvgIpc) is 2.47. The monoisotopic (exact) mass is 292 g/mol. The number of ether oxygens (including phenoxy) is 1. The van der Waals surface area contributed by atoms with Gasteiger partial charge in [0.15, 0.2) is 0 Å². The Morgan fingerprint density at radius 2 is 2.19 bits per heavy atom. The van der Waals surface area contributed by atoms with Crippen molar-refractivity contribution in [3.05, 3.63) is 23.4 Å². The first kappa shape index (κ1) is 15.8. The quantitative estimate of drug-likeness (QED) is 0.924. The molecule has 1 N–H and O–H groups in total. The van der Waals surface area contributed by atoms with Crippen LogP contribution in [0.5, 0.6) is 0 Å². The Balaban J connectivity index is 2.32. The summed E-state index contributed by atoms with van der Waals surface area (Å²) in [4.78, 5) is 18.1. The van der Waals surface area contributed by atoms with E-state index >= 15 is 0 Å². The maximum Gasteiger partial charge on any atom is 0.335 e. The molecule has 0 radical (unpaired) electrons. The van der Waals surface area contributed by atoms with Gasteiger partial charge in [0.05, 0.1) is 11.7 Å². The van der Waals surface area contributed by atoms with Gasteiger partial charge in [0.1, 0.15) is 5.82 Å². The molecule has 0 bridgehead atoms. The highest BCUT2D eigenvalue weighted by molar-refractivity contribution is 5.88. The van der Waals surface area contributed by atoms with Crippen molar-refractivity contribution in [3.8, 4) is 0 Å². The van der Waals surface area contributed by atoms with Gasteiger partial charge in [0.2, 0.25) is 0 Å². The minimum atomic E-state index is -0.908. The van der Waals surface area contributed by atoms with Crippen LogP contribution < -0.4 is 4.90 Å². The van der Waals surface area contributed by atoms with E-state index in [1.165, 1.54) is 0 Å². The number of hydrogen-bond acceptors (Lipinski definition) is 4. The third-order valence-corrected chi connectivity index (χ3v) is 4.19. The van der Waals surface area contributed by atoms with Crippen LogP contribution in [0.15, 0.2) is 12.1 Å². The second kappa shape index (κ2) is 6.43. The summed E-state index contributed by atoms with van der Waals surface area (Å²) in [6, 6.07) is 3.33. The molecule has 1 aromatic rings. The summed E-state index contributed by atoms with van der Waals surface area (Å²) in [5.41, 5.74) is 1.12. The summed E-state index contributed by atoms with van der Waals surface area (Å²) in [5.74, 6) is 0.547. The Hall–Kier alpha value is -1.62. The molecule has 0 aliphatic carbocycles. The molecule has 5 heteroatoms. The van der Waals surface area contributed by atoms with Crippen molar-refractivity contribution in [2.75, 3.05) is 25.1 Å². The van der Waals surface area contributed by atoms with Crippen molar-refractivity contribution < 1.29 is 14.6 Å². The number of piperidine rings is 1. The molecule has 1 aromatic heterocycles. The number of nitrogens with zero attached hydrogens (tertiary/aromatic N) is 2. The van der Waals surface area contributed by atoms with Crippen LogP contribution in [-0.4, -0.2) is 42.4 Å². The third-order valence-electron chi connectivity index (χ3n) is 4.19. The largest absolute Gasteiger partial charge is 0.478 e. The first-order chi connectivity index (χ1) is 9.92. The number of aromatic carboxylic acids is 1. The van der Waals surface area contributed by atoms with Gasteiger partial charge in [0.25, 0.3) is 0 Å². The maximum absolute atomic E-state index is 11.3. The number of carboxylic acid groups (broad SMARTS) is 1. The molecule has 1 aliphatic rings. The third kappa shape index (κ3) is 3.53. The van der Waals surface area contributed by atoms with E-state index in [1.54, 1.807) is 19.2 Å². The Morgan fingerprint density at radius 3 is 2.76 bits per heavy atom. The lowest BCUT2D eigenvalue weighted by molar-refractivity contribution is 0.0496. The molecular weight excluding hydrogens is 268 g/mol. The van der Waals surface area contributed by atoms with Crippen LogP contribution in [0.3, 0.4) is 0 Å². The summed E-state index contributed by atoms with van der Waals surface area (Å²) < 4.78 is 5.52. The van der Waals surface area contributed by atoms with Gasteiger partial charge >= 0.3 is 5.97 Å². The molecule has 1 saturated heterocycles. The maximum atomic E-state index is 11.3. The van der Waals surface area contributed by atoms with Crippen LogP contribution in [0.2, 0.25) is 0 Å². The number of methoxy groups -OCH3 is 1. The fourth-order valence-corrected chi connectivity index (χ4v) is 2.67. The second-order valence-corrected chi connectivity index (χ2v) is 6.08. The van der Waals surface area contributed by atoms with Gasteiger partial charge in [-0.2, -0.15) is 0 Å². The van der Waals surface area contributed by atoms with Crippen LogP contribution >= 0.6 is 0 Å². The molecule has 116 valence electrons. The first-order valence-electron chi connectivity index (χ1n) is 7.45. The number of hydrogen-bond donors (Lipinski definition) is 1. The van der Waals surface area contributed by atoms with Gasteiger partial charge in [0, 0.05) is 25.9 Å². The summed E-state index contributed by atoms with van der Waals surface area (Å²) >= 11 is 0. The number of carboxylic acids is 1. The Labute approximate surface area is 125 Å². The minimum Gasteiger partial charge on any atom is -0.478 e. The average molecular weight is 292 g/mol. The number of carbonyl (C=O) groups is 1. The zero-order valence-electron chi connectivity index (χ0n) is 13.2. The van der Waals surface area contributed by atoms with Gasteiger partial charge in [-0.1, -0.05) is 20.8 Å². The van der Waals surface area contributed by atoms with Gasteiger partial charge in [-0.15, -0.1) is 0 Å². The molecule has 0 spiro atoms. The van der Waals surface area contributed by atoms with Gasteiger partial charge < -0.3 is 14.7 Å². The lowest BCUT2D eigenvalue weighted by atomic mass is 9.95. The van der Waals surface area contributed by atoms with E-state index in [-0.39, 0.29) is 12.0 Å². The SMILES string of the molecule is COC1CN(c2cc(C(=O)O)cc(C(C)C)n2)CCC1C. The van der Waals surface area contributed by atoms with E-state index in [1.807, 2.05) is 13.8 Å². The smallest absolute Gasteiger partial charge is 0.335 e. The fraction of sp³-hybridized carbons (Fsp3) is 0.625. The normalized spacial score (nSPS) is 22.6. The highest BCUT2D eigenvalue weighted by atomic mass is 16.5. The van der Waals surface area contributed by atoms with E-state index in [9.17, 15) is 9.90 Å². The summed E-state index contributed by atoms with van der Waals surface area (Å²) in [5, 5.41) is 9.28. The van der Waals surface area contributed by atoms with Crippen LogP contribution in [0.25, 0.3) is 0 Å². The predicted octanol–water partition coefficient (Wildman–Crippen LogP) is 2.76. The van der Waals surface area contributed by atoms with Gasteiger partial charge in [-0.3, -0.25) is 0 Å². The fourth-order valence-electron chi connectivity index (χ4n) is 2.67. The van der Waals surface area contributed by atoms with Crippen molar-refractivity contribution in [2.24, 2.45) is 5.92 Å². The predicted molar refractivity (Wildman–Crippen MR) is 82.1 cm³/mol. The molecule has 1 aliphatic heterocycles. The molecule has 2 atom stereocenters.